The summed E-state index contributed by atoms with van der Waals surface area (Å²) in [4.78, 5) is 15.8. The van der Waals surface area contributed by atoms with E-state index in [1.54, 1.807) is 12.1 Å². The van der Waals surface area contributed by atoms with Gasteiger partial charge in [-0.25, -0.2) is 4.39 Å². The first-order valence-electron chi connectivity index (χ1n) is 11.3. The van der Waals surface area contributed by atoms with Gasteiger partial charge < -0.3 is 9.52 Å². The number of nitrogens with zero attached hydrogens (tertiary/aromatic N) is 1. The van der Waals surface area contributed by atoms with Crippen LogP contribution in [0.4, 0.5) is 4.39 Å². The van der Waals surface area contributed by atoms with Crippen molar-refractivity contribution in [2.45, 2.75) is 51.0 Å². The summed E-state index contributed by atoms with van der Waals surface area (Å²) in [6.07, 6.45) is 8.80. The molecule has 1 aromatic heterocycles. The van der Waals surface area contributed by atoms with Crippen molar-refractivity contribution in [3.63, 3.8) is 0 Å². The van der Waals surface area contributed by atoms with Crippen molar-refractivity contribution < 1.29 is 18.7 Å². The molecular weight excluding hydrogens is 445 g/mol. The van der Waals surface area contributed by atoms with Crippen LogP contribution in [0, 0.1) is 17.7 Å². The Morgan fingerprint density at radius 3 is 2.72 bits per heavy atom. The summed E-state index contributed by atoms with van der Waals surface area (Å²) in [6, 6.07) is 8.37. The number of aryl methyl sites for hydroxylation is 1. The van der Waals surface area contributed by atoms with Crippen LogP contribution < -0.4 is 0 Å². The van der Waals surface area contributed by atoms with Crippen molar-refractivity contribution in [2.24, 2.45) is 11.8 Å². The fourth-order valence-electron chi connectivity index (χ4n) is 5.36. The largest absolute Gasteiger partial charge is 0.456 e. The summed E-state index contributed by atoms with van der Waals surface area (Å²) < 4.78 is 20.1. The molecule has 1 saturated heterocycles. The Hall–Kier alpha value is -1.96. The number of carbonyl (C=O) groups is 1. The minimum Gasteiger partial charge on any atom is -0.456 e. The quantitative estimate of drug-likeness (QED) is 0.315. The Morgan fingerprint density at radius 2 is 2.03 bits per heavy atom. The van der Waals surface area contributed by atoms with Gasteiger partial charge in [0.05, 0.1) is 4.91 Å². The molecule has 3 fully saturated rings. The van der Waals surface area contributed by atoms with Gasteiger partial charge in [0.2, 0.25) is 0 Å². The minimum absolute atomic E-state index is 0.0152. The maximum Gasteiger partial charge on any atom is 0.266 e. The lowest BCUT2D eigenvalue weighted by Gasteiger charge is -2.30. The molecule has 7 heteroatoms. The number of unbranched alkanes of at least 4 members (excludes halogenated alkanes) is 1. The van der Waals surface area contributed by atoms with Gasteiger partial charge in [-0.15, -0.1) is 0 Å². The van der Waals surface area contributed by atoms with Gasteiger partial charge in [0, 0.05) is 24.3 Å². The SMILES string of the molecule is O=C1/C(=C\c2oc(-c3ccc(F)cc3)cc2CCCCO)SC(=S)N1C1CC2CCC1C2. The first kappa shape index (κ1) is 21.9. The molecule has 3 unspecified atom stereocenters. The minimum atomic E-state index is -0.298. The molecule has 1 amide bonds. The average molecular weight is 472 g/mol. The lowest BCUT2D eigenvalue weighted by Crippen LogP contribution is -2.41. The number of aliphatic hydroxyl groups excluding tert-OH is 1. The number of fused-ring (bicyclic) bond motifs is 2. The number of thioether (sulfide) groups is 1. The van der Waals surface area contributed by atoms with Crippen LogP contribution in [0.15, 0.2) is 39.7 Å². The van der Waals surface area contributed by atoms with E-state index in [1.807, 2.05) is 17.0 Å². The number of furan rings is 1. The molecule has 3 atom stereocenters. The van der Waals surface area contributed by atoms with Gasteiger partial charge in [0.25, 0.3) is 5.91 Å². The topological polar surface area (TPSA) is 53.7 Å². The number of hydrogen-bond donors (Lipinski definition) is 1. The zero-order valence-corrected chi connectivity index (χ0v) is 19.4. The maximum atomic E-state index is 13.3. The highest BCUT2D eigenvalue weighted by Gasteiger charge is 2.48. The fourth-order valence-corrected chi connectivity index (χ4v) is 6.70. The van der Waals surface area contributed by atoms with Crippen molar-refractivity contribution in [3.05, 3.63) is 52.4 Å². The van der Waals surface area contributed by atoms with Crippen molar-refractivity contribution in [1.29, 1.82) is 0 Å². The maximum absolute atomic E-state index is 13.3. The molecule has 0 radical (unpaired) electrons. The fraction of sp³-hybridized carbons (Fsp3) is 0.440. The van der Waals surface area contributed by atoms with E-state index in [0.717, 1.165) is 36.3 Å². The van der Waals surface area contributed by atoms with Gasteiger partial charge in [-0.05, 0) is 86.3 Å². The average Bonchev–Trinajstić information content (AvgIpc) is 3.54. The molecule has 1 aliphatic heterocycles. The smallest absolute Gasteiger partial charge is 0.266 e. The van der Waals surface area contributed by atoms with Gasteiger partial charge in [-0.2, -0.15) is 0 Å². The van der Waals surface area contributed by atoms with E-state index >= 15 is 0 Å². The third kappa shape index (κ3) is 4.18. The van der Waals surface area contributed by atoms with Crippen LogP contribution in [0.25, 0.3) is 17.4 Å². The molecule has 4 nitrogen and oxygen atoms in total. The van der Waals surface area contributed by atoms with E-state index < -0.39 is 0 Å². The van der Waals surface area contributed by atoms with Gasteiger partial charge >= 0.3 is 0 Å². The van der Waals surface area contributed by atoms with Gasteiger partial charge in [0.1, 0.15) is 21.7 Å². The molecule has 2 aromatic rings. The summed E-state index contributed by atoms with van der Waals surface area (Å²) >= 11 is 6.96. The molecule has 3 aliphatic rings. The van der Waals surface area contributed by atoms with Crippen molar-refractivity contribution >= 4 is 40.3 Å². The molecule has 1 N–H and O–H groups in total. The number of halogens is 1. The molecule has 2 heterocycles. The summed E-state index contributed by atoms with van der Waals surface area (Å²) in [5, 5.41) is 9.16. The second kappa shape index (κ2) is 9.12. The highest BCUT2D eigenvalue weighted by Crippen LogP contribution is 2.49. The number of carbonyl (C=O) groups excluding carboxylic acids is 1. The number of aliphatic hydroxyl groups is 1. The van der Waals surface area contributed by atoms with Crippen molar-refractivity contribution in [1.82, 2.24) is 4.90 Å². The Kier molecular flexibility index (Phi) is 6.23. The first-order valence-corrected chi connectivity index (χ1v) is 12.5. The van der Waals surface area contributed by atoms with Crippen molar-refractivity contribution in [2.75, 3.05) is 6.61 Å². The predicted octanol–water partition coefficient (Wildman–Crippen LogP) is 5.79. The van der Waals surface area contributed by atoms with Crippen LogP contribution in [0.5, 0.6) is 0 Å². The second-order valence-corrected chi connectivity index (χ2v) is 10.7. The summed E-state index contributed by atoms with van der Waals surface area (Å²) in [7, 11) is 0. The Morgan fingerprint density at radius 1 is 1.22 bits per heavy atom. The summed E-state index contributed by atoms with van der Waals surface area (Å²) in [5.74, 6) is 2.27. The lowest BCUT2D eigenvalue weighted by atomic mass is 9.94. The Labute approximate surface area is 196 Å². The van der Waals surface area contributed by atoms with Crippen LogP contribution in [0.2, 0.25) is 0 Å². The van der Waals surface area contributed by atoms with Gasteiger partial charge in [-0.3, -0.25) is 9.69 Å². The van der Waals surface area contributed by atoms with E-state index in [0.29, 0.717) is 33.1 Å². The molecule has 2 aliphatic carbocycles. The van der Waals surface area contributed by atoms with E-state index in [-0.39, 0.29) is 24.4 Å². The number of thiocarbonyl (C=S) groups is 1. The predicted molar refractivity (Wildman–Crippen MR) is 128 cm³/mol. The normalized spacial score (nSPS) is 26.1. The molecule has 0 spiro atoms. The highest BCUT2D eigenvalue weighted by molar-refractivity contribution is 8.26. The highest BCUT2D eigenvalue weighted by atomic mass is 32.2. The van der Waals surface area contributed by atoms with Crippen LogP contribution in [0.1, 0.15) is 49.8 Å². The van der Waals surface area contributed by atoms with E-state index in [9.17, 15) is 9.18 Å². The lowest BCUT2D eigenvalue weighted by molar-refractivity contribution is -0.124. The second-order valence-electron chi connectivity index (χ2n) is 8.98. The zero-order valence-electron chi connectivity index (χ0n) is 17.8. The first-order chi connectivity index (χ1) is 15.5. The third-order valence-corrected chi connectivity index (χ3v) is 8.27. The molecular formula is C25H26FNO3S2. The van der Waals surface area contributed by atoms with E-state index in [2.05, 4.69) is 0 Å². The monoisotopic (exact) mass is 471 g/mol. The molecule has 1 aromatic carbocycles. The number of rotatable bonds is 7. The standard InChI is InChI=1S/C25H26FNO3S2/c26-19-8-6-16(7-9-19)21-13-18(3-1-2-10-28)22(30-21)14-23-24(29)27(25(31)32-23)20-12-15-4-5-17(20)11-15/h6-9,13-15,17,20,28H,1-5,10-12H2/b23-14+. The molecule has 32 heavy (non-hydrogen) atoms. The zero-order chi connectivity index (χ0) is 22.2. The van der Waals surface area contributed by atoms with E-state index in [1.165, 1.54) is 43.2 Å². The molecule has 168 valence electrons. The number of benzene rings is 1. The van der Waals surface area contributed by atoms with Gasteiger partial charge in [-0.1, -0.05) is 30.4 Å². The number of amides is 1. The Balaban J connectivity index is 1.43. The van der Waals surface area contributed by atoms with Crippen LogP contribution in [0.3, 0.4) is 0 Å². The number of hydrogen-bond acceptors (Lipinski definition) is 5. The molecule has 2 saturated carbocycles. The van der Waals surface area contributed by atoms with Crippen molar-refractivity contribution in [3.8, 4) is 11.3 Å². The molecule has 5 rings (SSSR count). The third-order valence-electron chi connectivity index (χ3n) is 6.94. The summed E-state index contributed by atoms with van der Waals surface area (Å²) in [5.41, 5.74) is 1.76. The van der Waals surface area contributed by atoms with Crippen LogP contribution in [-0.4, -0.2) is 32.9 Å². The Bertz CT molecular complexity index is 1060. The molecule has 2 bridgehead atoms. The van der Waals surface area contributed by atoms with Crippen LogP contribution >= 0.6 is 24.0 Å². The van der Waals surface area contributed by atoms with Crippen LogP contribution in [-0.2, 0) is 11.2 Å². The van der Waals surface area contributed by atoms with Gasteiger partial charge in [0.15, 0.2) is 0 Å². The summed E-state index contributed by atoms with van der Waals surface area (Å²) in [6.45, 7) is 0.139. The van der Waals surface area contributed by atoms with E-state index in [4.69, 9.17) is 21.7 Å².